The molecular weight excluding hydrogens is 320 g/mol. The number of amides is 2. The molecule has 0 aromatic heterocycles. The van der Waals surface area contributed by atoms with Crippen molar-refractivity contribution in [2.24, 2.45) is 0 Å². The number of hydrogen-bond acceptors (Lipinski definition) is 3. The number of nitrogens with zero attached hydrogens (tertiary/aromatic N) is 1. The number of nitrogens with one attached hydrogen (secondary N) is 1. The summed E-state index contributed by atoms with van der Waals surface area (Å²) in [5.74, 6) is -0.578. The van der Waals surface area contributed by atoms with Crippen molar-refractivity contribution in [3.63, 3.8) is 0 Å². The van der Waals surface area contributed by atoms with Crippen LogP contribution in [0.25, 0.3) is 0 Å². The van der Waals surface area contributed by atoms with Crippen LogP contribution < -0.4 is 10.2 Å². The molecule has 3 rings (SSSR count). The maximum absolute atomic E-state index is 12.4. The van der Waals surface area contributed by atoms with Gasteiger partial charge in [0.1, 0.15) is 0 Å². The SMILES string of the molecule is CNc1cccc(N2C(=O)c3ccc(Br)cc3C2=O)c1. The molecule has 100 valence electrons. The molecule has 0 spiro atoms. The monoisotopic (exact) mass is 330 g/mol. The molecule has 5 heteroatoms. The molecule has 0 saturated heterocycles. The summed E-state index contributed by atoms with van der Waals surface area (Å²) in [6.07, 6.45) is 0. The zero-order valence-electron chi connectivity index (χ0n) is 10.7. The summed E-state index contributed by atoms with van der Waals surface area (Å²) in [7, 11) is 1.79. The van der Waals surface area contributed by atoms with Gasteiger partial charge in [0.2, 0.25) is 0 Å². The summed E-state index contributed by atoms with van der Waals surface area (Å²) in [5, 5.41) is 2.99. The maximum atomic E-state index is 12.4. The molecule has 2 amide bonds. The zero-order valence-corrected chi connectivity index (χ0v) is 12.3. The van der Waals surface area contributed by atoms with Crippen LogP contribution >= 0.6 is 15.9 Å². The van der Waals surface area contributed by atoms with Gasteiger partial charge in [0.05, 0.1) is 16.8 Å². The van der Waals surface area contributed by atoms with Crippen LogP contribution in [0, 0.1) is 0 Å². The fourth-order valence-electron chi connectivity index (χ4n) is 2.25. The van der Waals surface area contributed by atoms with Crippen LogP contribution in [0.1, 0.15) is 20.7 Å². The first kappa shape index (κ1) is 12.9. The summed E-state index contributed by atoms with van der Waals surface area (Å²) in [6, 6.07) is 12.3. The van der Waals surface area contributed by atoms with E-state index in [4.69, 9.17) is 0 Å². The Bertz CT molecular complexity index is 728. The van der Waals surface area contributed by atoms with Crippen molar-refractivity contribution in [1.82, 2.24) is 0 Å². The molecule has 20 heavy (non-hydrogen) atoms. The van der Waals surface area contributed by atoms with Crippen LogP contribution in [0.3, 0.4) is 0 Å². The van der Waals surface area contributed by atoms with Gasteiger partial charge in [-0.15, -0.1) is 0 Å². The number of anilines is 2. The largest absolute Gasteiger partial charge is 0.388 e. The van der Waals surface area contributed by atoms with E-state index in [0.29, 0.717) is 16.8 Å². The predicted octanol–water partition coefficient (Wildman–Crippen LogP) is 3.29. The summed E-state index contributed by atoms with van der Waals surface area (Å²) in [5.41, 5.74) is 2.28. The van der Waals surface area contributed by atoms with Crippen molar-refractivity contribution in [1.29, 1.82) is 0 Å². The maximum Gasteiger partial charge on any atom is 0.266 e. The Kier molecular flexibility index (Phi) is 3.06. The summed E-state index contributed by atoms with van der Waals surface area (Å²) in [6.45, 7) is 0. The molecular formula is C15H11BrN2O2. The van der Waals surface area contributed by atoms with Crippen molar-refractivity contribution in [2.45, 2.75) is 0 Å². The van der Waals surface area contributed by atoms with E-state index in [1.54, 1.807) is 43.4 Å². The second-order valence-electron chi connectivity index (χ2n) is 4.44. The van der Waals surface area contributed by atoms with Gasteiger partial charge >= 0.3 is 0 Å². The third-order valence-corrected chi connectivity index (χ3v) is 3.73. The fourth-order valence-corrected chi connectivity index (χ4v) is 2.61. The van der Waals surface area contributed by atoms with E-state index in [1.165, 1.54) is 4.90 Å². The van der Waals surface area contributed by atoms with Gasteiger partial charge in [-0.25, -0.2) is 4.90 Å². The highest BCUT2D eigenvalue weighted by Gasteiger charge is 2.36. The van der Waals surface area contributed by atoms with Gasteiger partial charge < -0.3 is 5.32 Å². The lowest BCUT2D eigenvalue weighted by Crippen LogP contribution is -2.29. The summed E-state index contributed by atoms with van der Waals surface area (Å²) in [4.78, 5) is 26.0. The quantitative estimate of drug-likeness (QED) is 0.859. The van der Waals surface area contributed by atoms with Gasteiger partial charge in [-0.05, 0) is 36.4 Å². The average Bonchev–Trinajstić information content (AvgIpc) is 2.70. The first-order valence-electron chi connectivity index (χ1n) is 6.08. The second kappa shape index (κ2) is 4.76. The van der Waals surface area contributed by atoms with Crippen molar-refractivity contribution in [3.8, 4) is 0 Å². The molecule has 1 aliphatic heterocycles. The molecule has 0 radical (unpaired) electrons. The minimum absolute atomic E-state index is 0.286. The normalized spacial score (nSPS) is 13.6. The smallest absolute Gasteiger partial charge is 0.266 e. The lowest BCUT2D eigenvalue weighted by Gasteiger charge is -2.14. The van der Waals surface area contributed by atoms with Gasteiger partial charge in [0.15, 0.2) is 0 Å². The van der Waals surface area contributed by atoms with Gasteiger partial charge in [0.25, 0.3) is 11.8 Å². The van der Waals surface area contributed by atoms with Gasteiger partial charge in [-0.2, -0.15) is 0 Å². The zero-order chi connectivity index (χ0) is 14.3. The topological polar surface area (TPSA) is 49.4 Å². The third kappa shape index (κ3) is 1.91. The number of hydrogen-bond donors (Lipinski definition) is 1. The molecule has 1 N–H and O–H groups in total. The van der Waals surface area contributed by atoms with Crippen LogP contribution in [-0.4, -0.2) is 18.9 Å². The Morgan fingerprint density at radius 3 is 2.50 bits per heavy atom. The summed E-state index contributed by atoms with van der Waals surface area (Å²) < 4.78 is 0.781. The molecule has 0 unspecified atom stereocenters. The van der Waals surface area contributed by atoms with E-state index in [2.05, 4.69) is 21.2 Å². The van der Waals surface area contributed by atoms with Crippen LogP contribution in [0.15, 0.2) is 46.9 Å². The van der Waals surface area contributed by atoms with E-state index in [0.717, 1.165) is 10.2 Å². The first-order valence-corrected chi connectivity index (χ1v) is 6.87. The second-order valence-corrected chi connectivity index (χ2v) is 5.35. The first-order chi connectivity index (χ1) is 9.61. The Balaban J connectivity index is 2.09. The molecule has 4 nitrogen and oxygen atoms in total. The number of rotatable bonds is 2. The van der Waals surface area contributed by atoms with E-state index >= 15 is 0 Å². The number of fused-ring (bicyclic) bond motifs is 1. The lowest BCUT2D eigenvalue weighted by atomic mass is 10.1. The highest BCUT2D eigenvalue weighted by molar-refractivity contribution is 9.10. The highest BCUT2D eigenvalue weighted by Crippen LogP contribution is 2.31. The molecule has 2 aromatic carbocycles. The van der Waals surface area contributed by atoms with Crippen molar-refractivity contribution >= 4 is 39.1 Å². The minimum atomic E-state index is -0.292. The highest BCUT2D eigenvalue weighted by atomic mass is 79.9. The van der Waals surface area contributed by atoms with Gasteiger partial charge in [-0.3, -0.25) is 9.59 Å². The molecule has 0 bridgehead atoms. The van der Waals surface area contributed by atoms with Crippen molar-refractivity contribution < 1.29 is 9.59 Å². The Labute approximate surface area is 124 Å². The predicted molar refractivity (Wildman–Crippen MR) is 81.3 cm³/mol. The number of halogens is 1. The molecule has 0 atom stereocenters. The Hall–Kier alpha value is -2.14. The van der Waals surface area contributed by atoms with E-state index in [-0.39, 0.29) is 11.8 Å². The van der Waals surface area contributed by atoms with Gasteiger partial charge in [-0.1, -0.05) is 22.0 Å². The Morgan fingerprint density at radius 2 is 1.75 bits per heavy atom. The molecule has 0 aliphatic carbocycles. The van der Waals surface area contributed by atoms with Crippen molar-refractivity contribution in [2.75, 3.05) is 17.3 Å². The number of imide groups is 1. The molecule has 0 fully saturated rings. The number of benzene rings is 2. The Morgan fingerprint density at radius 1 is 1.00 bits per heavy atom. The fraction of sp³-hybridized carbons (Fsp3) is 0.0667. The standard InChI is InChI=1S/C15H11BrN2O2/c1-17-10-3-2-4-11(8-10)18-14(19)12-6-5-9(16)7-13(12)15(18)20/h2-8,17H,1H3. The van der Waals surface area contributed by atoms with Crippen LogP contribution in [0.4, 0.5) is 11.4 Å². The van der Waals surface area contributed by atoms with Crippen molar-refractivity contribution in [3.05, 3.63) is 58.1 Å². The average molecular weight is 331 g/mol. The van der Waals surface area contributed by atoms with Gasteiger partial charge in [0, 0.05) is 17.2 Å². The molecule has 2 aromatic rings. The number of carbonyl (C=O) groups excluding carboxylic acids is 2. The van der Waals surface area contributed by atoms with E-state index in [9.17, 15) is 9.59 Å². The van der Waals surface area contributed by atoms with Crippen LogP contribution in [0.2, 0.25) is 0 Å². The number of carbonyl (C=O) groups is 2. The van der Waals surface area contributed by atoms with Crippen LogP contribution in [0.5, 0.6) is 0 Å². The van der Waals surface area contributed by atoms with E-state index < -0.39 is 0 Å². The van der Waals surface area contributed by atoms with E-state index in [1.807, 2.05) is 6.07 Å². The molecule has 1 heterocycles. The molecule has 1 aliphatic rings. The van der Waals surface area contributed by atoms with Crippen LogP contribution in [-0.2, 0) is 0 Å². The minimum Gasteiger partial charge on any atom is -0.388 e. The summed E-state index contributed by atoms with van der Waals surface area (Å²) >= 11 is 3.32. The molecule has 0 saturated carbocycles. The lowest BCUT2D eigenvalue weighted by molar-refractivity contribution is 0.0926. The third-order valence-electron chi connectivity index (χ3n) is 3.24.